The number of aromatic nitrogens is 2. The molecular weight excluding hydrogens is 262 g/mol. The fourth-order valence-corrected chi connectivity index (χ4v) is 3.33. The zero-order valence-corrected chi connectivity index (χ0v) is 12.3. The molecule has 0 aromatic carbocycles. The van der Waals surface area contributed by atoms with Crippen molar-refractivity contribution in [2.75, 3.05) is 11.4 Å². The van der Waals surface area contributed by atoms with Crippen LogP contribution in [0, 0.1) is 0 Å². The highest BCUT2D eigenvalue weighted by atomic mass is 32.1. The third-order valence-corrected chi connectivity index (χ3v) is 4.28. The molecule has 1 aromatic rings. The summed E-state index contributed by atoms with van der Waals surface area (Å²) < 4.78 is 4.39. The van der Waals surface area contributed by atoms with Gasteiger partial charge in [0.15, 0.2) is 0 Å². The normalized spacial score (nSPS) is 19.9. The van der Waals surface area contributed by atoms with Crippen molar-refractivity contribution >= 4 is 22.6 Å². The summed E-state index contributed by atoms with van der Waals surface area (Å²) in [5, 5.41) is 9.79. The Morgan fingerprint density at radius 2 is 2.32 bits per heavy atom. The SMILES string of the molecule is CC(C)c1nsc(N2CCCCC2CCC(=O)O)n1. The van der Waals surface area contributed by atoms with Crippen molar-refractivity contribution in [3.63, 3.8) is 0 Å². The highest BCUT2D eigenvalue weighted by Crippen LogP contribution is 2.29. The first kappa shape index (κ1) is 14.2. The summed E-state index contributed by atoms with van der Waals surface area (Å²) in [7, 11) is 0. The fraction of sp³-hybridized carbons (Fsp3) is 0.769. The van der Waals surface area contributed by atoms with Gasteiger partial charge in [0.2, 0.25) is 5.13 Å². The zero-order chi connectivity index (χ0) is 13.8. The van der Waals surface area contributed by atoms with Crippen molar-refractivity contribution < 1.29 is 9.90 Å². The highest BCUT2D eigenvalue weighted by molar-refractivity contribution is 7.09. The van der Waals surface area contributed by atoms with E-state index in [1.54, 1.807) is 0 Å². The summed E-state index contributed by atoms with van der Waals surface area (Å²) in [4.78, 5) is 17.6. The molecular formula is C13H21N3O2S. The molecule has 0 saturated carbocycles. The van der Waals surface area contributed by atoms with Crippen LogP contribution in [0.4, 0.5) is 5.13 Å². The van der Waals surface area contributed by atoms with Crippen LogP contribution in [0.25, 0.3) is 0 Å². The number of aliphatic carboxylic acids is 1. The van der Waals surface area contributed by atoms with E-state index in [0.29, 0.717) is 18.4 Å². The Labute approximate surface area is 117 Å². The monoisotopic (exact) mass is 283 g/mol. The fourth-order valence-electron chi connectivity index (χ4n) is 2.42. The lowest BCUT2D eigenvalue weighted by Gasteiger charge is -2.35. The molecule has 1 fully saturated rings. The van der Waals surface area contributed by atoms with Crippen LogP contribution in [-0.2, 0) is 4.79 Å². The minimum absolute atomic E-state index is 0.233. The Hall–Kier alpha value is -1.17. The summed E-state index contributed by atoms with van der Waals surface area (Å²) in [5.41, 5.74) is 0. The van der Waals surface area contributed by atoms with Gasteiger partial charge in [0.25, 0.3) is 0 Å². The molecule has 106 valence electrons. The lowest BCUT2D eigenvalue weighted by atomic mass is 9.98. The van der Waals surface area contributed by atoms with Crippen LogP contribution < -0.4 is 4.90 Å². The number of anilines is 1. The Balaban J connectivity index is 2.07. The quantitative estimate of drug-likeness (QED) is 0.900. The average Bonchev–Trinajstić information content (AvgIpc) is 2.86. The van der Waals surface area contributed by atoms with Crippen LogP contribution in [-0.4, -0.2) is 33.0 Å². The van der Waals surface area contributed by atoms with Gasteiger partial charge in [-0.3, -0.25) is 4.79 Å². The number of rotatable bonds is 5. The van der Waals surface area contributed by atoms with Crippen molar-refractivity contribution in [1.82, 2.24) is 9.36 Å². The Morgan fingerprint density at radius 3 is 2.95 bits per heavy atom. The number of nitrogens with zero attached hydrogens (tertiary/aromatic N) is 3. The van der Waals surface area contributed by atoms with Crippen LogP contribution in [0.3, 0.4) is 0 Å². The number of piperidine rings is 1. The van der Waals surface area contributed by atoms with Crippen molar-refractivity contribution in [3.05, 3.63) is 5.82 Å². The minimum Gasteiger partial charge on any atom is -0.481 e. The first-order valence-electron chi connectivity index (χ1n) is 6.90. The smallest absolute Gasteiger partial charge is 0.303 e. The molecule has 2 heterocycles. The molecule has 5 nitrogen and oxygen atoms in total. The Bertz CT molecular complexity index is 433. The van der Waals surface area contributed by atoms with Crippen molar-refractivity contribution in [3.8, 4) is 0 Å². The molecule has 6 heteroatoms. The second-order valence-corrected chi connectivity index (χ2v) is 6.10. The van der Waals surface area contributed by atoms with E-state index in [2.05, 4.69) is 28.1 Å². The number of carbonyl (C=O) groups is 1. The first-order valence-corrected chi connectivity index (χ1v) is 7.67. The second-order valence-electron chi connectivity index (χ2n) is 5.37. The molecule has 0 radical (unpaired) electrons. The number of carboxylic acids is 1. The molecule has 1 aromatic heterocycles. The van der Waals surface area contributed by atoms with Crippen LogP contribution in [0.2, 0.25) is 0 Å². The molecule has 2 rings (SSSR count). The third kappa shape index (κ3) is 3.65. The molecule has 19 heavy (non-hydrogen) atoms. The molecule has 1 aliphatic heterocycles. The Morgan fingerprint density at radius 1 is 1.53 bits per heavy atom. The largest absolute Gasteiger partial charge is 0.481 e. The lowest BCUT2D eigenvalue weighted by molar-refractivity contribution is -0.137. The minimum atomic E-state index is -0.717. The summed E-state index contributed by atoms with van der Waals surface area (Å²) >= 11 is 1.44. The third-order valence-electron chi connectivity index (χ3n) is 3.51. The van der Waals surface area contributed by atoms with Crippen LogP contribution >= 0.6 is 11.5 Å². The van der Waals surface area contributed by atoms with Crippen molar-refractivity contribution in [2.24, 2.45) is 0 Å². The van der Waals surface area contributed by atoms with E-state index in [1.807, 2.05) is 0 Å². The van der Waals surface area contributed by atoms with Gasteiger partial charge in [0.1, 0.15) is 5.82 Å². The molecule has 0 aliphatic carbocycles. The first-order chi connectivity index (χ1) is 9.08. The number of hydrogen-bond acceptors (Lipinski definition) is 5. The maximum Gasteiger partial charge on any atom is 0.303 e. The lowest BCUT2D eigenvalue weighted by Crippen LogP contribution is -2.39. The van der Waals surface area contributed by atoms with E-state index in [0.717, 1.165) is 30.3 Å². The van der Waals surface area contributed by atoms with Crippen molar-refractivity contribution in [1.29, 1.82) is 0 Å². The van der Waals surface area contributed by atoms with Gasteiger partial charge in [-0.1, -0.05) is 13.8 Å². The van der Waals surface area contributed by atoms with Gasteiger partial charge < -0.3 is 10.0 Å². The summed E-state index contributed by atoms with van der Waals surface area (Å²) in [5.74, 6) is 0.514. The topological polar surface area (TPSA) is 66.3 Å². The van der Waals surface area contributed by atoms with Gasteiger partial charge in [0.05, 0.1) is 0 Å². The number of carboxylic acid groups (broad SMARTS) is 1. The van der Waals surface area contributed by atoms with Gasteiger partial charge in [-0.2, -0.15) is 4.37 Å². The van der Waals surface area contributed by atoms with Gasteiger partial charge in [-0.25, -0.2) is 4.98 Å². The average molecular weight is 283 g/mol. The zero-order valence-electron chi connectivity index (χ0n) is 11.5. The van der Waals surface area contributed by atoms with E-state index < -0.39 is 5.97 Å². The standard InChI is InChI=1S/C13H21N3O2S/c1-9(2)12-14-13(19-15-12)16-8-4-3-5-10(16)6-7-11(17)18/h9-10H,3-8H2,1-2H3,(H,17,18). The summed E-state index contributed by atoms with van der Waals surface area (Å²) in [6.45, 7) is 5.14. The maximum absolute atomic E-state index is 10.7. The van der Waals surface area contributed by atoms with E-state index in [9.17, 15) is 4.79 Å². The van der Waals surface area contributed by atoms with E-state index in [-0.39, 0.29) is 6.42 Å². The molecule has 1 aliphatic rings. The van der Waals surface area contributed by atoms with Gasteiger partial charge >= 0.3 is 5.97 Å². The van der Waals surface area contributed by atoms with Crippen LogP contribution in [0.15, 0.2) is 0 Å². The summed E-state index contributed by atoms with van der Waals surface area (Å²) in [6, 6.07) is 0.304. The Kier molecular flexibility index (Phi) is 4.74. The van der Waals surface area contributed by atoms with E-state index in [4.69, 9.17) is 5.11 Å². The van der Waals surface area contributed by atoms with Gasteiger partial charge in [0, 0.05) is 36.5 Å². The molecule has 1 N–H and O–H groups in total. The number of hydrogen-bond donors (Lipinski definition) is 1. The van der Waals surface area contributed by atoms with E-state index in [1.165, 1.54) is 18.0 Å². The molecule has 0 amide bonds. The maximum atomic E-state index is 10.7. The molecule has 0 bridgehead atoms. The molecule has 1 atom stereocenters. The van der Waals surface area contributed by atoms with Crippen LogP contribution in [0.1, 0.15) is 57.7 Å². The predicted molar refractivity (Wildman–Crippen MR) is 75.9 cm³/mol. The van der Waals surface area contributed by atoms with Crippen molar-refractivity contribution in [2.45, 2.75) is 57.9 Å². The van der Waals surface area contributed by atoms with Gasteiger partial charge in [-0.05, 0) is 25.7 Å². The second kappa shape index (κ2) is 6.32. The predicted octanol–water partition coefficient (Wildman–Crippen LogP) is 2.89. The highest BCUT2D eigenvalue weighted by Gasteiger charge is 2.26. The molecule has 1 saturated heterocycles. The molecule has 0 spiro atoms. The van der Waals surface area contributed by atoms with Gasteiger partial charge in [-0.15, -0.1) is 0 Å². The summed E-state index contributed by atoms with van der Waals surface area (Å²) in [6.07, 6.45) is 4.32. The van der Waals surface area contributed by atoms with Crippen LogP contribution in [0.5, 0.6) is 0 Å². The molecule has 1 unspecified atom stereocenters. The van der Waals surface area contributed by atoms with E-state index >= 15 is 0 Å².